The fourth-order valence-electron chi connectivity index (χ4n) is 1.87. The van der Waals surface area contributed by atoms with Gasteiger partial charge in [0.25, 0.3) is 0 Å². The predicted molar refractivity (Wildman–Crippen MR) is 57.0 cm³/mol. The molecule has 4 nitrogen and oxygen atoms in total. The molecule has 1 fully saturated rings. The Morgan fingerprint density at radius 3 is 2.56 bits per heavy atom. The van der Waals surface area contributed by atoms with E-state index in [4.69, 9.17) is 10.00 Å². The molecule has 0 amide bonds. The molecule has 1 aromatic heterocycles. The van der Waals surface area contributed by atoms with Gasteiger partial charge in [0.2, 0.25) is 0 Å². The first-order chi connectivity index (χ1) is 8.54. The Labute approximate surface area is 102 Å². The summed E-state index contributed by atoms with van der Waals surface area (Å²) in [5.41, 5.74) is -1.17. The maximum atomic E-state index is 12.9. The topological polar surface area (TPSA) is 49.2 Å². The van der Waals surface area contributed by atoms with E-state index in [-0.39, 0.29) is 11.4 Å². The van der Waals surface area contributed by atoms with Gasteiger partial charge >= 0.3 is 6.18 Å². The average Bonchev–Trinajstić information content (AvgIpc) is 2.38. The summed E-state index contributed by atoms with van der Waals surface area (Å²) in [6.07, 6.45) is -3.49. The highest BCUT2D eigenvalue weighted by molar-refractivity contribution is 5.62. The van der Waals surface area contributed by atoms with Gasteiger partial charge < -0.3 is 9.64 Å². The molecule has 18 heavy (non-hydrogen) atoms. The van der Waals surface area contributed by atoms with Crippen LogP contribution in [0.3, 0.4) is 0 Å². The molecule has 2 rings (SSSR count). The van der Waals surface area contributed by atoms with Gasteiger partial charge in [0.1, 0.15) is 6.07 Å². The third-order valence-corrected chi connectivity index (χ3v) is 2.66. The van der Waals surface area contributed by atoms with Gasteiger partial charge in [-0.05, 0) is 6.07 Å². The van der Waals surface area contributed by atoms with E-state index in [1.54, 1.807) is 6.07 Å². The van der Waals surface area contributed by atoms with E-state index in [1.165, 1.54) is 4.90 Å². The molecule has 2 heterocycles. The first-order valence-electron chi connectivity index (χ1n) is 5.33. The van der Waals surface area contributed by atoms with Crippen LogP contribution >= 0.6 is 0 Å². The van der Waals surface area contributed by atoms with Crippen molar-refractivity contribution < 1.29 is 17.9 Å². The van der Waals surface area contributed by atoms with Crippen LogP contribution in [0.1, 0.15) is 11.3 Å². The van der Waals surface area contributed by atoms with Crippen LogP contribution < -0.4 is 4.90 Å². The standard InChI is InChI=1S/C11H10F3N3O/c12-11(13,14)8-1-2-16-9(7-15)10(8)17-3-5-18-6-4-17/h1-2H,3-6H2. The van der Waals surface area contributed by atoms with Crippen molar-refractivity contribution in [2.75, 3.05) is 31.2 Å². The SMILES string of the molecule is N#Cc1nccc(C(F)(F)F)c1N1CCOCC1. The number of anilines is 1. The molecule has 0 N–H and O–H groups in total. The van der Waals surface area contributed by atoms with E-state index in [0.717, 1.165) is 12.3 Å². The number of alkyl halides is 3. The highest BCUT2D eigenvalue weighted by atomic mass is 19.4. The summed E-state index contributed by atoms with van der Waals surface area (Å²) >= 11 is 0. The molecule has 0 aromatic carbocycles. The second kappa shape index (κ2) is 4.82. The van der Waals surface area contributed by atoms with Crippen LogP contribution in [0.2, 0.25) is 0 Å². The maximum absolute atomic E-state index is 12.9. The number of nitriles is 1. The van der Waals surface area contributed by atoms with Crippen molar-refractivity contribution in [2.45, 2.75) is 6.18 Å². The van der Waals surface area contributed by atoms with Crippen molar-refractivity contribution >= 4 is 5.69 Å². The first-order valence-corrected chi connectivity index (χ1v) is 5.33. The fraction of sp³-hybridized carbons (Fsp3) is 0.455. The summed E-state index contributed by atoms with van der Waals surface area (Å²) in [5, 5.41) is 8.90. The molecule has 0 spiro atoms. The molecule has 0 bridgehead atoms. The Hall–Kier alpha value is -1.81. The number of hydrogen-bond acceptors (Lipinski definition) is 4. The number of aromatic nitrogens is 1. The summed E-state index contributed by atoms with van der Waals surface area (Å²) < 4.78 is 43.9. The van der Waals surface area contributed by atoms with Gasteiger partial charge in [-0.1, -0.05) is 0 Å². The molecule has 0 unspecified atom stereocenters. The Bertz CT molecular complexity index is 475. The lowest BCUT2D eigenvalue weighted by molar-refractivity contribution is -0.137. The summed E-state index contributed by atoms with van der Waals surface area (Å²) in [6, 6.07) is 2.61. The molecule has 96 valence electrons. The Balaban J connectivity index is 2.51. The number of hydrogen-bond donors (Lipinski definition) is 0. The second-order valence-corrected chi connectivity index (χ2v) is 3.76. The molecule has 1 saturated heterocycles. The van der Waals surface area contributed by atoms with E-state index < -0.39 is 11.7 Å². The number of ether oxygens (including phenoxy) is 1. The fourth-order valence-corrected chi connectivity index (χ4v) is 1.87. The highest BCUT2D eigenvalue weighted by Crippen LogP contribution is 2.37. The monoisotopic (exact) mass is 257 g/mol. The second-order valence-electron chi connectivity index (χ2n) is 3.76. The summed E-state index contributed by atoms with van der Waals surface area (Å²) in [7, 11) is 0. The van der Waals surface area contributed by atoms with Crippen LogP contribution in [0.5, 0.6) is 0 Å². The minimum atomic E-state index is -4.50. The normalized spacial score (nSPS) is 16.4. The van der Waals surface area contributed by atoms with Crippen LogP contribution in [0.25, 0.3) is 0 Å². The van der Waals surface area contributed by atoms with Gasteiger partial charge in [-0.15, -0.1) is 0 Å². The summed E-state index contributed by atoms with van der Waals surface area (Å²) in [5.74, 6) is 0. The Kier molecular flexibility index (Phi) is 3.39. The summed E-state index contributed by atoms with van der Waals surface area (Å²) in [4.78, 5) is 5.20. The van der Waals surface area contributed by atoms with Crippen LogP contribution in [0.4, 0.5) is 18.9 Å². The zero-order chi connectivity index (χ0) is 13.2. The molecule has 7 heteroatoms. The highest BCUT2D eigenvalue weighted by Gasteiger charge is 2.37. The first kappa shape index (κ1) is 12.6. The lowest BCUT2D eigenvalue weighted by Crippen LogP contribution is -2.38. The van der Waals surface area contributed by atoms with E-state index in [9.17, 15) is 13.2 Å². The third kappa shape index (κ3) is 2.38. The predicted octanol–water partition coefficient (Wildman–Crippen LogP) is 1.81. The van der Waals surface area contributed by atoms with Gasteiger partial charge in [0.05, 0.1) is 24.5 Å². The molecule has 1 aliphatic rings. The van der Waals surface area contributed by atoms with Gasteiger partial charge in [0, 0.05) is 19.3 Å². The van der Waals surface area contributed by atoms with Gasteiger partial charge in [-0.3, -0.25) is 0 Å². The van der Waals surface area contributed by atoms with Crippen molar-refractivity contribution in [3.05, 3.63) is 23.5 Å². The van der Waals surface area contributed by atoms with E-state index in [1.807, 2.05) is 0 Å². The average molecular weight is 257 g/mol. The molecule has 1 aliphatic heterocycles. The smallest absolute Gasteiger partial charge is 0.378 e. The van der Waals surface area contributed by atoms with Gasteiger partial charge in [-0.2, -0.15) is 18.4 Å². The van der Waals surface area contributed by atoms with Crippen molar-refractivity contribution in [2.24, 2.45) is 0 Å². The summed E-state index contributed by atoms with van der Waals surface area (Å²) in [6.45, 7) is 1.33. The van der Waals surface area contributed by atoms with Crippen molar-refractivity contribution in [1.82, 2.24) is 4.98 Å². The molecule has 0 saturated carbocycles. The number of morpholine rings is 1. The Morgan fingerprint density at radius 2 is 2.00 bits per heavy atom. The van der Waals surface area contributed by atoms with Crippen molar-refractivity contribution in [3.8, 4) is 6.07 Å². The molecular formula is C11H10F3N3O. The van der Waals surface area contributed by atoms with Crippen LogP contribution in [-0.2, 0) is 10.9 Å². The van der Waals surface area contributed by atoms with E-state index in [2.05, 4.69) is 4.98 Å². The van der Waals surface area contributed by atoms with E-state index >= 15 is 0 Å². The molecule has 1 aromatic rings. The quantitative estimate of drug-likeness (QED) is 0.769. The largest absolute Gasteiger partial charge is 0.418 e. The zero-order valence-corrected chi connectivity index (χ0v) is 9.37. The van der Waals surface area contributed by atoms with Crippen LogP contribution in [0.15, 0.2) is 12.3 Å². The van der Waals surface area contributed by atoms with Crippen LogP contribution in [0, 0.1) is 11.3 Å². The minimum Gasteiger partial charge on any atom is -0.378 e. The van der Waals surface area contributed by atoms with Gasteiger partial charge in [-0.25, -0.2) is 4.98 Å². The lowest BCUT2D eigenvalue weighted by atomic mass is 10.1. The lowest BCUT2D eigenvalue weighted by Gasteiger charge is -2.31. The number of pyridine rings is 1. The van der Waals surface area contributed by atoms with Crippen molar-refractivity contribution in [1.29, 1.82) is 5.26 Å². The maximum Gasteiger partial charge on any atom is 0.418 e. The molecule has 0 atom stereocenters. The third-order valence-electron chi connectivity index (χ3n) is 2.66. The molecule has 0 aliphatic carbocycles. The molecule has 0 radical (unpaired) electrons. The molecular weight excluding hydrogens is 247 g/mol. The number of halogens is 3. The minimum absolute atomic E-state index is 0.143. The van der Waals surface area contributed by atoms with Gasteiger partial charge in [0.15, 0.2) is 5.69 Å². The number of rotatable bonds is 1. The zero-order valence-electron chi connectivity index (χ0n) is 9.37. The number of nitrogens with zero attached hydrogens (tertiary/aromatic N) is 3. The van der Waals surface area contributed by atoms with Crippen molar-refractivity contribution in [3.63, 3.8) is 0 Å². The Morgan fingerprint density at radius 1 is 1.33 bits per heavy atom. The van der Waals surface area contributed by atoms with Crippen LogP contribution in [-0.4, -0.2) is 31.3 Å². The van der Waals surface area contributed by atoms with E-state index in [0.29, 0.717) is 26.3 Å².